The van der Waals surface area contributed by atoms with E-state index in [9.17, 15) is 18.3 Å². The summed E-state index contributed by atoms with van der Waals surface area (Å²) >= 11 is 0. The van der Waals surface area contributed by atoms with Crippen molar-refractivity contribution >= 4 is 15.7 Å². The minimum Gasteiger partial charge on any atom is -0.393 e. The number of hydrogen-bond donors (Lipinski definition) is 2. The van der Waals surface area contributed by atoms with E-state index in [0.29, 0.717) is 18.4 Å². The minimum atomic E-state index is -3.32. The fourth-order valence-corrected chi connectivity index (χ4v) is 2.69. The number of rotatable bonds is 3. The lowest BCUT2D eigenvalue weighted by Gasteiger charge is -2.32. The van der Waals surface area contributed by atoms with Gasteiger partial charge in [0.05, 0.1) is 11.0 Å². The van der Waals surface area contributed by atoms with Crippen LogP contribution in [-0.2, 0) is 9.84 Å². The number of carbonyl (C=O) groups excluding carboxylic acids is 1. The molecule has 5 nitrogen and oxygen atoms in total. The number of benzene rings is 1. The lowest BCUT2D eigenvalue weighted by molar-refractivity contribution is 0.0562. The van der Waals surface area contributed by atoms with Gasteiger partial charge in [0.2, 0.25) is 0 Å². The molecule has 0 aliphatic heterocycles. The highest BCUT2D eigenvalue weighted by molar-refractivity contribution is 7.90. The van der Waals surface area contributed by atoms with E-state index in [4.69, 9.17) is 0 Å². The van der Waals surface area contributed by atoms with E-state index >= 15 is 0 Å². The Hall–Kier alpha value is -1.40. The standard InChI is InChI=1S/C13H17NO4S/c1-8-3-4-11(19(2,17)18)7-12(8)13(16)14-9-5-10(15)6-9/h3-4,7,9-10,15H,5-6H2,1-2H3,(H,14,16). The fourth-order valence-electron chi connectivity index (χ4n) is 2.05. The van der Waals surface area contributed by atoms with Crippen LogP contribution in [0.25, 0.3) is 0 Å². The van der Waals surface area contributed by atoms with Crippen molar-refractivity contribution in [2.24, 2.45) is 0 Å². The topological polar surface area (TPSA) is 83.5 Å². The molecule has 104 valence electrons. The molecule has 1 saturated carbocycles. The van der Waals surface area contributed by atoms with Crippen LogP contribution in [0, 0.1) is 6.92 Å². The van der Waals surface area contributed by atoms with Gasteiger partial charge in [-0.3, -0.25) is 4.79 Å². The molecule has 2 N–H and O–H groups in total. The van der Waals surface area contributed by atoms with Crippen molar-refractivity contribution in [2.75, 3.05) is 6.26 Å². The van der Waals surface area contributed by atoms with Crippen LogP contribution >= 0.6 is 0 Å². The zero-order valence-corrected chi connectivity index (χ0v) is 11.7. The summed E-state index contributed by atoms with van der Waals surface area (Å²) in [6.45, 7) is 1.76. The van der Waals surface area contributed by atoms with Gasteiger partial charge in [-0.05, 0) is 37.5 Å². The van der Waals surface area contributed by atoms with Crippen molar-refractivity contribution in [3.05, 3.63) is 29.3 Å². The number of aliphatic hydroxyl groups is 1. The zero-order valence-electron chi connectivity index (χ0n) is 10.9. The average Bonchev–Trinajstić information content (AvgIpc) is 2.25. The van der Waals surface area contributed by atoms with E-state index in [2.05, 4.69) is 5.32 Å². The summed E-state index contributed by atoms with van der Waals surface area (Å²) in [5.74, 6) is -0.292. The zero-order chi connectivity index (χ0) is 14.2. The molecule has 6 heteroatoms. The van der Waals surface area contributed by atoms with Crippen LogP contribution in [0.3, 0.4) is 0 Å². The Bertz CT molecular complexity index is 603. The molecule has 0 atom stereocenters. The largest absolute Gasteiger partial charge is 0.393 e. The molecule has 1 amide bonds. The molecule has 0 spiro atoms. The van der Waals surface area contributed by atoms with Gasteiger partial charge < -0.3 is 10.4 Å². The monoisotopic (exact) mass is 283 g/mol. The molecule has 0 unspecified atom stereocenters. The van der Waals surface area contributed by atoms with Gasteiger partial charge in [0.15, 0.2) is 9.84 Å². The van der Waals surface area contributed by atoms with Gasteiger partial charge in [0, 0.05) is 17.9 Å². The van der Waals surface area contributed by atoms with Gasteiger partial charge in [-0.25, -0.2) is 8.42 Å². The van der Waals surface area contributed by atoms with E-state index in [1.165, 1.54) is 12.1 Å². The molecule has 2 rings (SSSR count). The van der Waals surface area contributed by atoms with Crippen molar-refractivity contribution < 1.29 is 18.3 Å². The van der Waals surface area contributed by atoms with Crippen LogP contribution < -0.4 is 5.32 Å². The van der Waals surface area contributed by atoms with Gasteiger partial charge in [0.25, 0.3) is 5.91 Å². The van der Waals surface area contributed by atoms with E-state index in [1.54, 1.807) is 13.0 Å². The van der Waals surface area contributed by atoms with Gasteiger partial charge >= 0.3 is 0 Å². The number of carbonyl (C=O) groups is 1. The van der Waals surface area contributed by atoms with Crippen LogP contribution in [0.4, 0.5) is 0 Å². The number of aliphatic hydroxyl groups excluding tert-OH is 1. The molecular formula is C13H17NO4S. The third-order valence-corrected chi connectivity index (χ3v) is 4.44. The highest BCUT2D eigenvalue weighted by Gasteiger charge is 2.29. The van der Waals surface area contributed by atoms with Gasteiger partial charge in [-0.2, -0.15) is 0 Å². The summed E-state index contributed by atoms with van der Waals surface area (Å²) in [5.41, 5.74) is 1.09. The van der Waals surface area contributed by atoms with E-state index in [1.807, 2.05) is 0 Å². The number of nitrogens with one attached hydrogen (secondary N) is 1. The average molecular weight is 283 g/mol. The molecular weight excluding hydrogens is 266 g/mol. The fraction of sp³-hybridized carbons (Fsp3) is 0.462. The third-order valence-electron chi connectivity index (χ3n) is 3.33. The van der Waals surface area contributed by atoms with E-state index < -0.39 is 9.84 Å². The van der Waals surface area contributed by atoms with Crippen molar-refractivity contribution in [2.45, 2.75) is 36.8 Å². The quantitative estimate of drug-likeness (QED) is 0.853. The molecule has 1 aromatic rings. The van der Waals surface area contributed by atoms with Gasteiger partial charge in [0.1, 0.15) is 0 Å². The molecule has 0 radical (unpaired) electrons. The molecule has 19 heavy (non-hydrogen) atoms. The first-order valence-corrected chi connectivity index (χ1v) is 7.96. The molecule has 1 aliphatic rings. The summed E-state index contributed by atoms with van der Waals surface area (Å²) in [5, 5.41) is 12.0. The lowest BCUT2D eigenvalue weighted by Crippen LogP contribution is -2.46. The first kappa shape index (κ1) is 14.0. The first-order valence-electron chi connectivity index (χ1n) is 6.07. The van der Waals surface area contributed by atoms with Crippen molar-refractivity contribution in [1.82, 2.24) is 5.32 Å². The molecule has 1 aliphatic carbocycles. The maximum atomic E-state index is 12.1. The maximum absolute atomic E-state index is 12.1. The normalized spacial score (nSPS) is 22.7. The predicted octanol–water partition coefficient (Wildman–Crippen LogP) is 0.652. The number of aryl methyl sites for hydroxylation is 1. The summed E-state index contributed by atoms with van der Waals surface area (Å²) < 4.78 is 23.0. The number of sulfone groups is 1. The number of amides is 1. The van der Waals surface area contributed by atoms with Crippen molar-refractivity contribution in [1.29, 1.82) is 0 Å². The smallest absolute Gasteiger partial charge is 0.251 e. The Labute approximate surface area is 112 Å². The highest BCUT2D eigenvalue weighted by Crippen LogP contribution is 2.21. The van der Waals surface area contributed by atoms with Crippen LogP contribution in [-0.4, -0.2) is 37.8 Å². The van der Waals surface area contributed by atoms with Crippen LogP contribution in [0.1, 0.15) is 28.8 Å². The Balaban J connectivity index is 2.21. The molecule has 0 saturated heterocycles. The van der Waals surface area contributed by atoms with Crippen molar-refractivity contribution in [3.63, 3.8) is 0 Å². The summed E-state index contributed by atoms with van der Waals surface area (Å²) in [4.78, 5) is 12.2. The second kappa shape index (κ2) is 4.94. The Morgan fingerprint density at radius 1 is 1.37 bits per heavy atom. The minimum absolute atomic E-state index is 0.0243. The van der Waals surface area contributed by atoms with Crippen LogP contribution in [0.2, 0.25) is 0 Å². The predicted molar refractivity (Wildman–Crippen MR) is 70.8 cm³/mol. The second-order valence-corrected chi connectivity index (χ2v) is 7.06. The van der Waals surface area contributed by atoms with Gasteiger partial charge in [-0.1, -0.05) is 6.07 Å². The second-order valence-electron chi connectivity index (χ2n) is 5.04. The van der Waals surface area contributed by atoms with Crippen LogP contribution in [0.5, 0.6) is 0 Å². The Morgan fingerprint density at radius 3 is 2.53 bits per heavy atom. The Kier molecular flexibility index (Phi) is 3.64. The summed E-state index contributed by atoms with van der Waals surface area (Å²) in [6, 6.07) is 4.49. The maximum Gasteiger partial charge on any atom is 0.251 e. The molecule has 1 aromatic carbocycles. The highest BCUT2D eigenvalue weighted by atomic mass is 32.2. The molecule has 0 aromatic heterocycles. The van der Waals surface area contributed by atoms with Crippen LogP contribution in [0.15, 0.2) is 23.1 Å². The van der Waals surface area contributed by atoms with Crippen molar-refractivity contribution in [3.8, 4) is 0 Å². The van der Waals surface area contributed by atoms with E-state index in [-0.39, 0.29) is 22.9 Å². The third kappa shape index (κ3) is 3.13. The Morgan fingerprint density at radius 2 is 2.00 bits per heavy atom. The first-order chi connectivity index (χ1) is 8.77. The molecule has 0 heterocycles. The molecule has 0 bridgehead atoms. The molecule has 1 fully saturated rings. The summed E-state index contributed by atoms with van der Waals surface area (Å²) in [7, 11) is -3.32. The number of hydrogen-bond acceptors (Lipinski definition) is 4. The van der Waals surface area contributed by atoms with Gasteiger partial charge in [-0.15, -0.1) is 0 Å². The summed E-state index contributed by atoms with van der Waals surface area (Å²) in [6.07, 6.45) is 1.88. The lowest BCUT2D eigenvalue weighted by atomic mass is 9.89. The van der Waals surface area contributed by atoms with E-state index in [0.717, 1.165) is 11.8 Å². The SMILES string of the molecule is Cc1ccc(S(C)(=O)=O)cc1C(=O)NC1CC(O)C1.